The van der Waals surface area contributed by atoms with Crippen LogP contribution in [0.15, 0.2) is 23.1 Å². The number of hydrogen-bond acceptors (Lipinski definition) is 4. The molecule has 6 heteroatoms. The number of hydrogen-bond donors (Lipinski definition) is 2. The molecule has 1 aromatic carbocycles. The summed E-state index contributed by atoms with van der Waals surface area (Å²) in [4.78, 5) is 2.28. The lowest BCUT2D eigenvalue weighted by molar-refractivity contribution is 0.412. The SMILES string of the molecule is CCCNCc1cc(S(=O)(=O)NCCN(C)C)ccc1C. The largest absolute Gasteiger partial charge is 0.313 e. The molecule has 21 heavy (non-hydrogen) atoms. The molecule has 1 aromatic rings. The van der Waals surface area contributed by atoms with Crippen molar-refractivity contribution in [1.82, 2.24) is 14.9 Å². The molecule has 0 aliphatic carbocycles. The van der Waals surface area contributed by atoms with Crippen LogP contribution in [-0.4, -0.2) is 47.0 Å². The van der Waals surface area contributed by atoms with Gasteiger partial charge in [0.2, 0.25) is 10.0 Å². The summed E-state index contributed by atoms with van der Waals surface area (Å²) < 4.78 is 27.1. The van der Waals surface area contributed by atoms with Crippen LogP contribution in [0.3, 0.4) is 0 Å². The van der Waals surface area contributed by atoms with Crippen molar-refractivity contribution in [2.24, 2.45) is 0 Å². The second-order valence-electron chi connectivity index (χ2n) is 5.47. The first-order chi connectivity index (χ1) is 9.86. The zero-order chi connectivity index (χ0) is 15.9. The number of benzene rings is 1. The van der Waals surface area contributed by atoms with Crippen molar-refractivity contribution in [3.05, 3.63) is 29.3 Å². The van der Waals surface area contributed by atoms with Gasteiger partial charge in [0.25, 0.3) is 0 Å². The maximum absolute atomic E-state index is 12.3. The van der Waals surface area contributed by atoms with Crippen LogP contribution < -0.4 is 10.0 Å². The fourth-order valence-electron chi connectivity index (χ4n) is 1.89. The van der Waals surface area contributed by atoms with Crippen LogP contribution in [0.2, 0.25) is 0 Å². The summed E-state index contributed by atoms with van der Waals surface area (Å²) >= 11 is 0. The Kier molecular flexibility index (Phi) is 7.31. The molecule has 0 aromatic heterocycles. The van der Waals surface area contributed by atoms with Crippen LogP contribution in [-0.2, 0) is 16.6 Å². The van der Waals surface area contributed by atoms with Crippen LogP contribution in [0, 0.1) is 6.92 Å². The van der Waals surface area contributed by atoms with Crippen molar-refractivity contribution in [2.45, 2.75) is 31.7 Å². The molecular formula is C15H27N3O2S. The Morgan fingerprint density at radius 2 is 1.90 bits per heavy atom. The number of aryl methyl sites for hydroxylation is 1. The minimum atomic E-state index is -3.43. The highest BCUT2D eigenvalue weighted by molar-refractivity contribution is 7.89. The molecule has 0 bridgehead atoms. The van der Waals surface area contributed by atoms with Crippen molar-refractivity contribution in [2.75, 3.05) is 33.7 Å². The number of nitrogens with zero attached hydrogens (tertiary/aromatic N) is 1. The molecule has 0 spiro atoms. The third kappa shape index (κ3) is 6.13. The van der Waals surface area contributed by atoms with Crippen LogP contribution >= 0.6 is 0 Å². The summed E-state index contributed by atoms with van der Waals surface area (Å²) in [6, 6.07) is 5.29. The molecule has 0 atom stereocenters. The normalized spacial score (nSPS) is 12.0. The van der Waals surface area contributed by atoms with Crippen molar-refractivity contribution < 1.29 is 8.42 Å². The van der Waals surface area contributed by atoms with E-state index < -0.39 is 10.0 Å². The monoisotopic (exact) mass is 313 g/mol. The lowest BCUT2D eigenvalue weighted by Crippen LogP contribution is -2.31. The highest BCUT2D eigenvalue weighted by atomic mass is 32.2. The van der Waals surface area contributed by atoms with Gasteiger partial charge in [0.05, 0.1) is 4.90 Å². The van der Waals surface area contributed by atoms with E-state index in [2.05, 4.69) is 17.0 Å². The average Bonchev–Trinajstić information content (AvgIpc) is 2.40. The van der Waals surface area contributed by atoms with Gasteiger partial charge in [-0.25, -0.2) is 13.1 Å². The zero-order valence-corrected chi connectivity index (χ0v) is 14.3. The predicted molar refractivity (Wildman–Crippen MR) is 86.9 cm³/mol. The predicted octanol–water partition coefficient (Wildman–Crippen LogP) is 1.33. The highest BCUT2D eigenvalue weighted by Gasteiger charge is 2.14. The highest BCUT2D eigenvalue weighted by Crippen LogP contribution is 2.15. The Morgan fingerprint density at radius 3 is 2.52 bits per heavy atom. The number of rotatable bonds is 9. The van der Waals surface area contributed by atoms with Crippen LogP contribution in [0.5, 0.6) is 0 Å². The summed E-state index contributed by atoms with van der Waals surface area (Å²) in [5.74, 6) is 0. The molecule has 0 unspecified atom stereocenters. The van der Waals surface area contributed by atoms with Gasteiger partial charge in [-0.15, -0.1) is 0 Å². The van der Waals surface area contributed by atoms with Gasteiger partial charge in [0, 0.05) is 19.6 Å². The van der Waals surface area contributed by atoms with Crippen molar-refractivity contribution >= 4 is 10.0 Å². The standard InChI is InChI=1S/C15H27N3O2S/c1-5-8-16-12-14-11-15(7-6-13(14)2)21(19,20)17-9-10-18(3)4/h6-7,11,16-17H,5,8-10,12H2,1-4H3. The van der Waals surface area contributed by atoms with E-state index in [1.54, 1.807) is 12.1 Å². The Morgan fingerprint density at radius 1 is 1.19 bits per heavy atom. The van der Waals surface area contributed by atoms with Gasteiger partial charge in [-0.2, -0.15) is 0 Å². The van der Waals surface area contributed by atoms with E-state index >= 15 is 0 Å². The van der Waals surface area contributed by atoms with Gasteiger partial charge in [-0.1, -0.05) is 13.0 Å². The minimum absolute atomic E-state index is 0.333. The van der Waals surface area contributed by atoms with Crippen LogP contribution in [0.4, 0.5) is 0 Å². The molecule has 2 N–H and O–H groups in total. The maximum Gasteiger partial charge on any atom is 0.240 e. The second kappa shape index (κ2) is 8.48. The fraction of sp³-hybridized carbons (Fsp3) is 0.600. The quantitative estimate of drug-likeness (QED) is 0.675. The van der Waals surface area contributed by atoms with E-state index in [9.17, 15) is 8.42 Å². The molecule has 0 aliphatic rings. The molecule has 120 valence electrons. The van der Waals surface area contributed by atoms with E-state index in [4.69, 9.17) is 0 Å². The van der Waals surface area contributed by atoms with E-state index in [0.29, 0.717) is 24.5 Å². The first-order valence-electron chi connectivity index (χ1n) is 7.31. The summed E-state index contributed by atoms with van der Waals surface area (Å²) in [5, 5.41) is 3.31. The van der Waals surface area contributed by atoms with Gasteiger partial charge in [0.1, 0.15) is 0 Å². The lowest BCUT2D eigenvalue weighted by atomic mass is 10.1. The Balaban J connectivity index is 2.79. The van der Waals surface area contributed by atoms with E-state index in [1.165, 1.54) is 0 Å². The molecule has 5 nitrogen and oxygen atoms in total. The van der Waals surface area contributed by atoms with Crippen LogP contribution in [0.1, 0.15) is 24.5 Å². The molecule has 0 heterocycles. The number of likely N-dealkylation sites (N-methyl/N-ethyl adjacent to an activating group) is 1. The summed E-state index contributed by atoms with van der Waals surface area (Å²) in [6.45, 7) is 6.81. The van der Waals surface area contributed by atoms with E-state index in [1.807, 2.05) is 32.0 Å². The maximum atomic E-state index is 12.3. The molecule has 0 aliphatic heterocycles. The molecule has 0 saturated heterocycles. The second-order valence-corrected chi connectivity index (χ2v) is 7.23. The molecule has 0 radical (unpaired) electrons. The van der Waals surface area contributed by atoms with Crippen molar-refractivity contribution in [3.63, 3.8) is 0 Å². The summed E-state index contributed by atoms with van der Waals surface area (Å²) in [5.41, 5.74) is 2.13. The fourth-order valence-corrected chi connectivity index (χ4v) is 2.96. The zero-order valence-electron chi connectivity index (χ0n) is 13.4. The lowest BCUT2D eigenvalue weighted by Gasteiger charge is -2.13. The van der Waals surface area contributed by atoms with E-state index in [-0.39, 0.29) is 0 Å². The first kappa shape index (κ1) is 18.1. The van der Waals surface area contributed by atoms with Crippen LogP contribution in [0.25, 0.3) is 0 Å². The van der Waals surface area contributed by atoms with Gasteiger partial charge in [0.15, 0.2) is 0 Å². The van der Waals surface area contributed by atoms with Gasteiger partial charge >= 0.3 is 0 Å². The Hall–Kier alpha value is -0.950. The smallest absolute Gasteiger partial charge is 0.240 e. The van der Waals surface area contributed by atoms with Gasteiger partial charge < -0.3 is 10.2 Å². The molecule has 0 amide bonds. The minimum Gasteiger partial charge on any atom is -0.313 e. The van der Waals surface area contributed by atoms with E-state index in [0.717, 1.165) is 24.1 Å². The Labute approximate surface area is 128 Å². The topological polar surface area (TPSA) is 61.4 Å². The summed E-state index contributed by atoms with van der Waals surface area (Å²) in [6.07, 6.45) is 1.06. The van der Waals surface area contributed by atoms with Gasteiger partial charge in [-0.3, -0.25) is 0 Å². The number of nitrogens with one attached hydrogen (secondary N) is 2. The summed E-state index contributed by atoms with van der Waals surface area (Å²) in [7, 11) is 0.398. The molecule has 0 fully saturated rings. The van der Waals surface area contributed by atoms with Crippen molar-refractivity contribution in [1.29, 1.82) is 0 Å². The van der Waals surface area contributed by atoms with Gasteiger partial charge in [-0.05, 0) is 57.2 Å². The third-order valence-corrected chi connectivity index (χ3v) is 4.68. The molecule has 0 saturated carbocycles. The average molecular weight is 313 g/mol. The third-order valence-electron chi connectivity index (χ3n) is 3.22. The van der Waals surface area contributed by atoms with Crippen molar-refractivity contribution in [3.8, 4) is 0 Å². The molecular weight excluding hydrogens is 286 g/mol. The number of sulfonamides is 1. The first-order valence-corrected chi connectivity index (χ1v) is 8.79. The molecule has 1 rings (SSSR count). The Bertz CT molecular complexity index is 542.